The van der Waals surface area contributed by atoms with E-state index in [0.717, 1.165) is 37.7 Å². The van der Waals surface area contributed by atoms with Gasteiger partial charge in [-0.15, -0.1) is 0 Å². The number of benzene rings is 1. The minimum atomic E-state index is -0.819. The maximum Gasteiger partial charge on any atom is 0.115 e. The first kappa shape index (κ1) is 16.3. The summed E-state index contributed by atoms with van der Waals surface area (Å²) in [6, 6.07) is 3.37. The van der Waals surface area contributed by atoms with Gasteiger partial charge in [0, 0.05) is 6.61 Å². The quantitative estimate of drug-likeness (QED) is 0.823. The van der Waals surface area contributed by atoms with Gasteiger partial charge in [0.25, 0.3) is 0 Å². The average molecular weight is 300 g/mol. The Morgan fingerprint density at radius 1 is 0.857 bits per heavy atom. The lowest BCUT2D eigenvalue weighted by atomic mass is 9.79. The van der Waals surface area contributed by atoms with Crippen molar-refractivity contribution in [2.24, 2.45) is 11.8 Å². The number of halogens is 3. The number of hydrogen-bond acceptors (Lipinski definition) is 1. The van der Waals surface area contributed by atoms with Crippen molar-refractivity contribution in [2.75, 3.05) is 6.61 Å². The first-order valence-electron chi connectivity index (χ1n) is 7.64. The van der Waals surface area contributed by atoms with Gasteiger partial charge < -0.3 is 5.11 Å². The van der Waals surface area contributed by atoms with Gasteiger partial charge in [-0.1, -0.05) is 12.1 Å². The SMILES string of the molecule is OCC1CCC(Cc2cc(CF)c(CF)c(CF)c2)CC1. The van der Waals surface area contributed by atoms with Gasteiger partial charge in [-0.25, -0.2) is 13.2 Å². The van der Waals surface area contributed by atoms with E-state index in [4.69, 9.17) is 5.11 Å². The zero-order valence-electron chi connectivity index (χ0n) is 12.3. The van der Waals surface area contributed by atoms with E-state index in [1.807, 2.05) is 0 Å². The molecule has 0 heterocycles. The Balaban J connectivity index is 2.10. The smallest absolute Gasteiger partial charge is 0.115 e. The van der Waals surface area contributed by atoms with Gasteiger partial charge in [-0.3, -0.25) is 0 Å². The first-order chi connectivity index (χ1) is 10.2. The third-order valence-corrected chi connectivity index (χ3v) is 4.66. The summed E-state index contributed by atoms with van der Waals surface area (Å²) in [5, 5.41) is 9.14. The number of aliphatic hydroxyl groups is 1. The van der Waals surface area contributed by atoms with E-state index in [2.05, 4.69) is 0 Å². The summed E-state index contributed by atoms with van der Waals surface area (Å²) in [6.45, 7) is -2.08. The summed E-state index contributed by atoms with van der Waals surface area (Å²) in [6.07, 6.45) is 4.87. The van der Waals surface area contributed by atoms with Crippen molar-refractivity contribution in [3.8, 4) is 0 Å². The van der Waals surface area contributed by atoms with E-state index in [9.17, 15) is 13.2 Å². The summed E-state index contributed by atoms with van der Waals surface area (Å²) < 4.78 is 39.0. The largest absolute Gasteiger partial charge is 0.396 e. The summed E-state index contributed by atoms with van der Waals surface area (Å²) in [4.78, 5) is 0. The molecule has 0 unspecified atom stereocenters. The molecule has 118 valence electrons. The van der Waals surface area contributed by atoms with Crippen molar-refractivity contribution in [2.45, 2.75) is 52.1 Å². The lowest BCUT2D eigenvalue weighted by Crippen LogP contribution is -2.18. The predicted molar refractivity (Wildman–Crippen MR) is 77.1 cm³/mol. The fourth-order valence-electron chi connectivity index (χ4n) is 3.35. The normalized spacial score (nSPS) is 22.5. The van der Waals surface area contributed by atoms with Gasteiger partial charge in [0.05, 0.1) is 0 Å². The highest BCUT2D eigenvalue weighted by atomic mass is 19.1. The number of hydrogen-bond donors (Lipinski definition) is 1. The molecule has 0 bridgehead atoms. The van der Waals surface area contributed by atoms with Crippen LogP contribution in [0.25, 0.3) is 0 Å². The van der Waals surface area contributed by atoms with Gasteiger partial charge in [-0.05, 0) is 66.2 Å². The molecule has 0 amide bonds. The summed E-state index contributed by atoms with van der Waals surface area (Å²) in [7, 11) is 0. The summed E-state index contributed by atoms with van der Waals surface area (Å²) in [5.74, 6) is 0.891. The second-order valence-electron chi connectivity index (χ2n) is 6.07. The van der Waals surface area contributed by atoms with Crippen molar-refractivity contribution < 1.29 is 18.3 Å². The van der Waals surface area contributed by atoms with Crippen LogP contribution in [-0.2, 0) is 26.4 Å². The minimum absolute atomic E-state index is 0.174. The lowest BCUT2D eigenvalue weighted by Gasteiger charge is -2.27. The molecule has 1 aromatic carbocycles. The van der Waals surface area contributed by atoms with Crippen LogP contribution in [0.2, 0.25) is 0 Å². The molecule has 1 fully saturated rings. The molecule has 1 nitrogen and oxygen atoms in total. The zero-order valence-corrected chi connectivity index (χ0v) is 12.3. The van der Waals surface area contributed by atoms with Crippen LogP contribution < -0.4 is 0 Å². The van der Waals surface area contributed by atoms with Gasteiger partial charge in [0.1, 0.15) is 20.0 Å². The molecular formula is C17H23F3O. The highest BCUT2D eigenvalue weighted by Crippen LogP contribution is 2.32. The van der Waals surface area contributed by atoms with Crippen LogP contribution in [0.5, 0.6) is 0 Å². The fraction of sp³-hybridized carbons (Fsp3) is 0.647. The van der Waals surface area contributed by atoms with Crippen LogP contribution in [0, 0.1) is 11.8 Å². The van der Waals surface area contributed by atoms with E-state index in [-0.39, 0.29) is 23.3 Å². The zero-order chi connectivity index (χ0) is 15.2. The molecule has 0 spiro atoms. The Morgan fingerprint density at radius 2 is 1.38 bits per heavy atom. The van der Waals surface area contributed by atoms with E-state index < -0.39 is 20.0 Å². The van der Waals surface area contributed by atoms with Crippen molar-refractivity contribution >= 4 is 0 Å². The second-order valence-corrected chi connectivity index (χ2v) is 6.07. The topological polar surface area (TPSA) is 20.2 Å². The van der Waals surface area contributed by atoms with E-state index in [0.29, 0.717) is 11.8 Å². The molecule has 0 radical (unpaired) electrons. The molecule has 4 heteroatoms. The number of aliphatic hydroxyl groups excluding tert-OH is 1. The number of alkyl halides is 3. The molecule has 0 atom stereocenters. The van der Waals surface area contributed by atoms with Gasteiger partial charge >= 0.3 is 0 Å². The Kier molecular flexibility index (Phi) is 6.09. The Labute approximate surface area is 124 Å². The number of rotatable bonds is 6. The highest BCUT2D eigenvalue weighted by Gasteiger charge is 2.21. The van der Waals surface area contributed by atoms with Crippen LogP contribution in [0.3, 0.4) is 0 Å². The molecule has 1 aliphatic carbocycles. The molecule has 1 N–H and O–H groups in total. The first-order valence-corrected chi connectivity index (χ1v) is 7.64. The van der Waals surface area contributed by atoms with Crippen molar-refractivity contribution in [3.63, 3.8) is 0 Å². The summed E-state index contributed by atoms with van der Waals surface area (Å²) in [5.41, 5.74) is 1.64. The van der Waals surface area contributed by atoms with Crippen molar-refractivity contribution in [1.29, 1.82) is 0 Å². The van der Waals surface area contributed by atoms with E-state index in [1.54, 1.807) is 12.1 Å². The Hall–Kier alpha value is -1.03. The molecule has 1 aliphatic rings. The van der Waals surface area contributed by atoms with E-state index >= 15 is 0 Å². The molecule has 1 saturated carbocycles. The second kappa shape index (κ2) is 7.83. The Bertz CT molecular complexity index is 428. The standard InChI is InChI=1S/C17H23F3O/c18-8-15-6-14(7-16(9-19)17(15)10-20)5-12-1-3-13(11-21)4-2-12/h6-7,12-13,21H,1-5,8-11H2. The summed E-state index contributed by atoms with van der Waals surface area (Å²) >= 11 is 0. The van der Waals surface area contributed by atoms with Gasteiger partial charge in [-0.2, -0.15) is 0 Å². The highest BCUT2D eigenvalue weighted by molar-refractivity contribution is 5.39. The lowest BCUT2D eigenvalue weighted by molar-refractivity contribution is 0.167. The van der Waals surface area contributed by atoms with Crippen LogP contribution in [-0.4, -0.2) is 11.7 Å². The minimum Gasteiger partial charge on any atom is -0.396 e. The molecule has 0 saturated heterocycles. The maximum atomic E-state index is 13.0. The van der Waals surface area contributed by atoms with Crippen LogP contribution in [0.4, 0.5) is 13.2 Å². The maximum absolute atomic E-state index is 13.0. The average Bonchev–Trinajstić information content (AvgIpc) is 2.54. The van der Waals surface area contributed by atoms with E-state index in [1.165, 1.54) is 0 Å². The molecule has 0 aliphatic heterocycles. The molecule has 21 heavy (non-hydrogen) atoms. The predicted octanol–water partition coefficient (Wildman–Crippen LogP) is 4.44. The van der Waals surface area contributed by atoms with Crippen molar-refractivity contribution in [3.05, 3.63) is 34.4 Å². The molecule has 0 aromatic heterocycles. The third kappa shape index (κ3) is 4.00. The van der Waals surface area contributed by atoms with Gasteiger partial charge in [0.15, 0.2) is 0 Å². The Morgan fingerprint density at radius 3 is 1.81 bits per heavy atom. The monoisotopic (exact) mass is 300 g/mol. The van der Waals surface area contributed by atoms with Gasteiger partial charge in [0.2, 0.25) is 0 Å². The van der Waals surface area contributed by atoms with Crippen LogP contribution >= 0.6 is 0 Å². The van der Waals surface area contributed by atoms with Crippen LogP contribution in [0.1, 0.15) is 47.9 Å². The van der Waals surface area contributed by atoms with Crippen molar-refractivity contribution in [1.82, 2.24) is 0 Å². The third-order valence-electron chi connectivity index (χ3n) is 4.66. The fourth-order valence-corrected chi connectivity index (χ4v) is 3.35. The molecular weight excluding hydrogens is 277 g/mol. The molecule has 2 rings (SSSR count). The van der Waals surface area contributed by atoms with Crippen LogP contribution in [0.15, 0.2) is 12.1 Å². The molecule has 1 aromatic rings.